The van der Waals surface area contributed by atoms with Crippen LogP contribution in [0.25, 0.3) is 0 Å². The highest BCUT2D eigenvalue weighted by Crippen LogP contribution is 2.18. The number of pyridine rings is 1. The molecule has 0 aliphatic rings. The zero-order valence-electron chi connectivity index (χ0n) is 12.4. The molecule has 0 aliphatic heterocycles. The monoisotopic (exact) mass is 325 g/mol. The van der Waals surface area contributed by atoms with Gasteiger partial charge in [0.1, 0.15) is 11.3 Å². The highest BCUT2D eigenvalue weighted by Gasteiger charge is 2.10. The Morgan fingerprint density at radius 3 is 2.65 bits per heavy atom. The first-order chi connectivity index (χ1) is 11.2. The topological polar surface area (TPSA) is 79.8 Å². The lowest BCUT2D eigenvalue weighted by atomic mass is 10.1. The predicted molar refractivity (Wildman–Crippen MR) is 90.6 cm³/mol. The van der Waals surface area contributed by atoms with E-state index >= 15 is 0 Å². The molecule has 23 heavy (non-hydrogen) atoms. The van der Waals surface area contributed by atoms with Gasteiger partial charge >= 0.3 is 0 Å². The zero-order valence-corrected chi connectivity index (χ0v) is 13.2. The molecule has 0 spiro atoms. The molecule has 0 radical (unpaired) electrons. The van der Waals surface area contributed by atoms with Gasteiger partial charge in [-0.3, -0.25) is 10.1 Å². The summed E-state index contributed by atoms with van der Waals surface area (Å²) >= 11 is 1.27. The van der Waals surface area contributed by atoms with Gasteiger partial charge in [-0.1, -0.05) is 41.7 Å². The Balaban J connectivity index is 1.64. The van der Waals surface area contributed by atoms with E-state index in [-0.39, 0.29) is 11.9 Å². The molecule has 0 aliphatic carbocycles. The van der Waals surface area contributed by atoms with E-state index in [0.717, 1.165) is 0 Å². The second-order valence-electron chi connectivity index (χ2n) is 4.91. The Morgan fingerprint density at radius 2 is 2.00 bits per heavy atom. The van der Waals surface area contributed by atoms with Gasteiger partial charge in [0.05, 0.1) is 5.56 Å². The molecule has 1 aromatic carbocycles. The first kappa shape index (κ1) is 15.1. The molecule has 2 aromatic heterocycles. The van der Waals surface area contributed by atoms with Gasteiger partial charge in [-0.25, -0.2) is 4.98 Å². The maximum Gasteiger partial charge on any atom is 0.259 e. The highest BCUT2D eigenvalue weighted by molar-refractivity contribution is 7.13. The second kappa shape index (κ2) is 6.97. The summed E-state index contributed by atoms with van der Waals surface area (Å²) in [6, 6.07) is 13.7. The van der Waals surface area contributed by atoms with Crippen LogP contribution in [0.3, 0.4) is 0 Å². The van der Waals surface area contributed by atoms with Crippen molar-refractivity contribution in [1.82, 2.24) is 15.2 Å². The van der Waals surface area contributed by atoms with E-state index in [0.29, 0.717) is 16.5 Å². The van der Waals surface area contributed by atoms with Crippen LogP contribution < -0.4 is 10.6 Å². The van der Waals surface area contributed by atoms with Gasteiger partial charge in [0.15, 0.2) is 0 Å². The van der Waals surface area contributed by atoms with Gasteiger partial charge in [-0.2, -0.15) is 0 Å². The summed E-state index contributed by atoms with van der Waals surface area (Å²) in [7, 11) is 0. The van der Waals surface area contributed by atoms with Crippen molar-refractivity contribution in [3.63, 3.8) is 0 Å². The lowest BCUT2D eigenvalue weighted by Crippen LogP contribution is -2.13. The molecule has 116 valence electrons. The summed E-state index contributed by atoms with van der Waals surface area (Å²) in [5.41, 5.74) is 3.21. The normalized spacial score (nSPS) is 11.7. The molecule has 2 heterocycles. The average Bonchev–Trinajstić information content (AvgIpc) is 3.09. The van der Waals surface area contributed by atoms with Gasteiger partial charge in [0.2, 0.25) is 5.13 Å². The second-order valence-corrected chi connectivity index (χ2v) is 5.74. The third-order valence-electron chi connectivity index (χ3n) is 3.27. The van der Waals surface area contributed by atoms with Crippen LogP contribution in [0.2, 0.25) is 0 Å². The van der Waals surface area contributed by atoms with E-state index in [4.69, 9.17) is 0 Å². The van der Waals surface area contributed by atoms with Crippen LogP contribution in [0, 0.1) is 0 Å². The summed E-state index contributed by atoms with van der Waals surface area (Å²) in [5, 5.41) is 13.9. The molecule has 1 atom stereocenters. The number of hydrogen-bond acceptors (Lipinski definition) is 6. The molecule has 6 nitrogen and oxygen atoms in total. The van der Waals surface area contributed by atoms with Crippen molar-refractivity contribution < 1.29 is 4.79 Å². The molecule has 0 saturated carbocycles. The third-order valence-corrected chi connectivity index (χ3v) is 3.88. The molecule has 3 rings (SSSR count). The number of anilines is 2. The van der Waals surface area contributed by atoms with Crippen LogP contribution in [0.15, 0.2) is 54.2 Å². The smallest absolute Gasteiger partial charge is 0.259 e. The first-order valence-electron chi connectivity index (χ1n) is 7.07. The number of benzene rings is 1. The maximum atomic E-state index is 12.0. The minimum absolute atomic E-state index is 0.129. The zero-order chi connectivity index (χ0) is 16.1. The molecular weight excluding hydrogens is 310 g/mol. The van der Waals surface area contributed by atoms with E-state index in [1.807, 2.05) is 18.2 Å². The largest absolute Gasteiger partial charge is 0.364 e. The Bertz CT molecular complexity index is 759. The molecule has 0 saturated heterocycles. The van der Waals surface area contributed by atoms with Crippen molar-refractivity contribution in [2.45, 2.75) is 13.0 Å². The summed E-state index contributed by atoms with van der Waals surface area (Å²) in [6.45, 7) is 2.06. The molecular formula is C16H15N5OS. The van der Waals surface area contributed by atoms with E-state index in [9.17, 15) is 4.79 Å². The van der Waals surface area contributed by atoms with Gasteiger partial charge < -0.3 is 5.32 Å². The van der Waals surface area contributed by atoms with Crippen molar-refractivity contribution in [3.05, 3.63) is 65.3 Å². The SMILES string of the molecule is C[C@@H](Nc1ccc(C(=O)Nc2nncs2)cn1)c1ccccc1. The van der Waals surface area contributed by atoms with Gasteiger partial charge in [0, 0.05) is 12.2 Å². The Kier molecular flexibility index (Phi) is 4.58. The van der Waals surface area contributed by atoms with Crippen molar-refractivity contribution in [2.24, 2.45) is 0 Å². The third kappa shape index (κ3) is 3.89. The quantitative estimate of drug-likeness (QED) is 0.752. The molecule has 7 heteroatoms. The lowest BCUT2D eigenvalue weighted by molar-refractivity contribution is 0.102. The summed E-state index contributed by atoms with van der Waals surface area (Å²) in [5.74, 6) is 0.464. The Labute approximate surface area is 137 Å². The van der Waals surface area contributed by atoms with Gasteiger partial charge in [0.25, 0.3) is 5.91 Å². The fourth-order valence-electron chi connectivity index (χ4n) is 2.06. The highest BCUT2D eigenvalue weighted by atomic mass is 32.1. The number of nitrogens with one attached hydrogen (secondary N) is 2. The van der Waals surface area contributed by atoms with Gasteiger partial charge in [-0.15, -0.1) is 10.2 Å². The molecule has 1 amide bonds. The van der Waals surface area contributed by atoms with Crippen LogP contribution in [0.1, 0.15) is 28.9 Å². The molecule has 3 aromatic rings. The number of carbonyl (C=O) groups excluding carboxylic acids is 1. The maximum absolute atomic E-state index is 12.0. The number of hydrogen-bond donors (Lipinski definition) is 2. The minimum atomic E-state index is -0.253. The van der Waals surface area contributed by atoms with Crippen LogP contribution in [0.5, 0.6) is 0 Å². The molecule has 0 fully saturated rings. The fraction of sp³-hybridized carbons (Fsp3) is 0.125. The number of nitrogens with zero attached hydrogens (tertiary/aromatic N) is 3. The molecule has 0 bridgehead atoms. The lowest BCUT2D eigenvalue weighted by Gasteiger charge is -2.14. The average molecular weight is 325 g/mol. The predicted octanol–water partition coefficient (Wildman–Crippen LogP) is 3.36. The van der Waals surface area contributed by atoms with Crippen molar-refractivity contribution >= 4 is 28.2 Å². The number of aromatic nitrogens is 3. The number of carbonyl (C=O) groups is 1. The summed E-state index contributed by atoms with van der Waals surface area (Å²) < 4.78 is 0. The number of amides is 1. The van der Waals surface area contributed by atoms with E-state index in [1.165, 1.54) is 23.1 Å². The van der Waals surface area contributed by atoms with Crippen molar-refractivity contribution in [2.75, 3.05) is 10.6 Å². The van der Waals surface area contributed by atoms with Gasteiger partial charge in [-0.05, 0) is 24.6 Å². The molecule has 0 unspecified atom stereocenters. The van der Waals surface area contributed by atoms with Crippen LogP contribution in [-0.2, 0) is 0 Å². The van der Waals surface area contributed by atoms with E-state index < -0.39 is 0 Å². The number of rotatable bonds is 5. The van der Waals surface area contributed by atoms with Crippen LogP contribution >= 0.6 is 11.3 Å². The summed E-state index contributed by atoms with van der Waals surface area (Å²) in [6.07, 6.45) is 1.54. The Morgan fingerprint density at radius 1 is 1.17 bits per heavy atom. The van der Waals surface area contributed by atoms with Crippen molar-refractivity contribution in [1.29, 1.82) is 0 Å². The molecule has 2 N–H and O–H groups in total. The van der Waals surface area contributed by atoms with E-state index in [1.54, 1.807) is 17.6 Å². The van der Waals surface area contributed by atoms with Crippen molar-refractivity contribution in [3.8, 4) is 0 Å². The first-order valence-corrected chi connectivity index (χ1v) is 7.95. The minimum Gasteiger partial charge on any atom is -0.364 e. The standard InChI is InChI=1S/C16H15N5OS/c1-11(12-5-3-2-4-6-12)19-14-8-7-13(9-17-14)15(22)20-16-21-18-10-23-16/h2-11H,1H3,(H,17,19)(H,20,21,22)/t11-/m1/s1. The Hall–Kier alpha value is -2.80. The van der Waals surface area contributed by atoms with Crippen LogP contribution in [-0.4, -0.2) is 21.1 Å². The summed E-state index contributed by atoms with van der Waals surface area (Å²) in [4.78, 5) is 16.3. The fourth-order valence-corrected chi connectivity index (χ4v) is 2.50. The van der Waals surface area contributed by atoms with E-state index in [2.05, 4.69) is 44.9 Å². The van der Waals surface area contributed by atoms with Crippen LogP contribution in [0.4, 0.5) is 10.9 Å².